The van der Waals surface area contributed by atoms with Gasteiger partial charge < -0.3 is 10.6 Å². The Morgan fingerprint density at radius 2 is 1.90 bits per heavy atom. The molecule has 1 amide bonds. The van der Waals surface area contributed by atoms with Crippen LogP contribution < -0.4 is 15.4 Å². The third-order valence-corrected chi connectivity index (χ3v) is 6.37. The van der Waals surface area contributed by atoms with E-state index >= 15 is 0 Å². The second-order valence-corrected chi connectivity index (χ2v) is 9.16. The summed E-state index contributed by atoms with van der Waals surface area (Å²) in [5.74, 6) is -0.153. The number of amidine groups is 1. The number of anilines is 1. The molecular weight excluding hydrogens is 419 g/mol. The van der Waals surface area contributed by atoms with Crippen molar-refractivity contribution in [2.45, 2.75) is 43.5 Å². The summed E-state index contributed by atoms with van der Waals surface area (Å²) in [6, 6.07) is 12.0. The molecule has 1 unspecified atom stereocenters. The van der Waals surface area contributed by atoms with Crippen molar-refractivity contribution in [2.24, 2.45) is 4.99 Å². The van der Waals surface area contributed by atoms with Crippen LogP contribution >= 0.6 is 0 Å². The molecule has 31 heavy (non-hydrogen) atoms. The molecule has 3 N–H and O–H groups in total. The molecular formula is C22H27FN4O3S. The minimum absolute atomic E-state index is 0.0184. The smallest absolute Gasteiger partial charge is 0.262 e. The zero-order valence-corrected chi connectivity index (χ0v) is 18.2. The van der Waals surface area contributed by atoms with Crippen LogP contribution in [0.4, 0.5) is 10.1 Å². The van der Waals surface area contributed by atoms with Gasteiger partial charge in [0.15, 0.2) is 0 Å². The molecule has 7 nitrogen and oxygen atoms in total. The lowest BCUT2D eigenvalue weighted by Crippen LogP contribution is -2.31. The second kappa shape index (κ2) is 10.5. The molecule has 0 radical (unpaired) electrons. The fourth-order valence-corrected chi connectivity index (χ4v) is 4.37. The molecule has 9 heteroatoms. The van der Waals surface area contributed by atoms with Crippen molar-refractivity contribution in [3.8, 4) is 0 Å². The molecule has 2 aromatic rings. The van der Waals surface area contributed by atoms with Crippen LogP contribution in [-0.4, -0.2) is 33.3 Å². The van der Waals surface area contributed by atoms with Crippen LogP contribution in [0.25, 0.3) is 0 Å². The van der Waals surface area contributed by atoms with E-state index in [1.807, 2.05) is 6.92 Å². The molecule has 0 aliphatic carbocycles. The summed E-state index contributed by atoms with van der Waals surface area (Å²) < 4.78 is 41.0. The van der Waals surface area contributed by atoms with Crippen molar-refractivity contribution in [3.63, 3.8) is 0 Å². The summed E-state index contributed by atoms with van der Waals surface area (Å²) in [5, 5.41) is 5.76. The fraction of sp³-hybridized carbons (Fsp3) is 0.364. The summed E-state index contributed by atoms with van der Waals surface area (Å²) in [5.41, 5.74) is 1.24. The van der Waals surface area contributed by atoms with E-state index in [2.05, 4.69) is 20.3 Å². The number of benzene rings is 2. The monoisotopic (exact) mass is 446 g/mol. The lowest BCUT2D eigenvalue weighted by molar-refractivity contribution is -0.115. The van der Waals surface area contributed by atoms with Crippen molar-refractivity contribution in [1.82, 2.24) is 10.0 Å². The van der Waals surface area contributed by atoms with Crippen LogP contribution in [0.3, 0.4) is 0 Å². The first-order valence-corrected chi connectivity index (χ1v) is 11.8. The number of hydrogen-bond acceptors (Lipinski definition) is 5. The average molecular weight is 447 g/mol. The van der Waals surface area contributed by atoms with E-state index in [9.17, 15) is 17.6 Å². The van der Waals surface area contributed by atoms with Crippen LogP contribution in [0.1, 0.15) is 44.2 Å². The molecule has 0 fully saturated rings. The number of carbonyl (C=O) groups excluding carboxylic acids is 1. The first-order valence-electron chi connectivity index (χ1n) is 10.3. The van der Waals surface area contributed by atoms with Gasteiger partial charge in [0.1, 0.15) is 11.7 Å². The molecule has 1 heterocycles. The second-order valence-electron chi connectivity index (χ2n) is 7.47. The van der Waals surface area contributed by atoms with Crippen molar-refractivity contribution in [1.29, 1.82) is 0 Å². The predicted octanol–water partition coefficient (Wildman–Crippen LogP) is 3.37. The number of aliphatic imine (C=N–C) groups is 1. The number of sulfonamides is 1. The van der Waals surface area contributed by atoms with Gasteiger partial charge in [-0.3, -0.25) is 14.5 Å². The molecule has 0 spiro atoms. The Hall–Kier alpha value is -2.78. The van der Waals surface area contributed by atoms with Gasteiger partial charge in [0.05, 0.1) is 11.4 Å². The number of rotatable bonds is 7. The molecule has 1 aliphatic rings. The maximum atomic E-state index is 13.0. The summed E-state index contributed by atoms with van der Waals surface area (Å²) in [6.45, 7) is 2.51. The van der Waals surface area contributed by atoms with E-state index in [0.29, 0.717) is 24.5 Å². The highest BCUT2D eigenvalue weighted by Gasteiger charge is 2.18. The maximum Gasteiger partial charge on any atom is 0.262 e. The summed E-state index contributed by atoms with van der Waals surface area (Å²) in [4.78, 5) is 16.7. The van der Waals surface area contributed by atoms with E-state index in [1.54, 1.807) is 24.3 Å². The number of amides is 1. The lowest BCUT2D eigenvalue weighted by Gasteiger charge is -2.15. The van der Waals surface area contributed by atoms with Gasteiger partial charge in [-0.2, -0.15) is 0 Å². The molecule has 3 rings (SSSR count). The quantitative estimate of drug-likeness (QED) is 0.607. The normalized spacial score (nSPS) is 15.5. The highest BCUT2D eigenvalue weighted by Crippen LogP contribution is 2.17. The zero-order valence-electron chi connectivity index (χ0n) is 17.4. The fourth-order valence-electron chi connectivity index (χ4n) is 3.23. The van der Waals surface area contributed by atoms with Gasteiger partial charge in [-0.25, -0.2) is 12.8 Å². The Kier molecular flexibility index (Phi) is 7.75. The number of hydrogen-bond donors (Lipinski definition) is 3. The molecule has 0 saturated carbocycles. The molecule has 1 aliphatic heterocycles. The minimum Gasteiger partial charge on any atom is -0.325 e. The Labute approximate surface area is 182 Å². The van der Waals surface area contributed by atoms with Crippen LogP contribution in [0.2, 0.25) is 0 Å². The van der Waals surface area contributed by atoms with Gasteiger partial charge in [-0.1, -0.05) is 24.6 Å². The van der Waals surface area contributed by atoms with E-state index < -0.39 is 10.0 Å². The molecule has 0 aromatic heterocycles. The van der Waals surface area contributed by atoms with Crippen molar-refractivity contribution >= 4 is 27.5 Å². The zero-order chi connectivity index (χ0) is 22.3. The van der Waals surface area contributed by atoms with Crippen LogP contribution in [0, 0.1) is 5.82 Å². The van der Waals surface area contributed by atoms with Gasteiger partial charge >= 0.3 is 0 Å². The topological polar surface area (TPSA) is 99.7 Å². The Bertz CT molecular complexity index is 1040. The van der Waals surface area contributed by atoms with Crippen LogP contribution in [0.15, 0.2) is 58.4 Å². The molecule has 1 atom stereocenters. The Morgan fingerprint density at radius 3 is 2.68 bits per heavy atom. The van der Waals surface area contributed by atoms with E-state index in [1.165, 1.54) is 24.3 Å². The predicted molar refractivity (Wildman–Crippen MR) is 119 cm³/mol. The third kappa shape index (κ3) is 6.86. The lowest BCUT2D eigenvalue weighted by atomic mass is 10.1. The molecule has 2 aromatic carbocycles. The van der Waals surface area contributed by atoms with E-state index in [0.717, 1.165) is 24.8 Å². The number of nitrogens with one attached hydrogen (secondary N) is 3. The molecule has 0 bridgehead atoms. The molecule has 0 saturated heterocycles. The van der Waals surface area contributed by atoms with E-state index in [4.69, 9.17) is 0 Å². The van der Waals surface area contributed by atoms with Gasteiger partial charge in [-0.15, -0.1) is 0 Å². The molecule has 166 valence electrons. The maximum absolute atomic E-state index is 13.0. The summed E-state index contributed by atoms with van der Waals surface area (Å²) >= 11 is 0. The van der Waals surface area contributed by atoms with Crippen LogP contribution in [-0.2, 0) is 14.8 Å². The average Bonchev–Trinajstić information content (AvgIpc) is 3.01. The Balaban J connectivity index is 1.58. The largest absolute Gasteiger partial charge is 0.325 e. The van der Waals surface area contributed by atoms with Gasteiger partial charge in [0, 0.05) is 24.7 Å². The van der Waals surface area contributed by atoms with Gasteiger partial charge in [0.2, 0.25) is 5.91 Å². The van der Waals surface area contributed by atoms with Crippen molar-refractivity contribution in [3.05, 3.63) is 59.9 Å². The highest BCUT2D eigenvalue weighted by atomic mass is 32.2. The highest BCUT2D eigenvalue weighted by molar-refractivity contribution is 7.90. The van der Waals surface area contributed by atoms with Gasteiger partial charge in [0.25, 0.3) is 10.0 Å². The third-order valence-electron chi connectivity index (χ3n) is 4.99. The van der Waals surface area contributed by atoms with Crippen molar-refractivity contribution < 1.29 is 17.6 Å². The number of carbonyl (C=O) groups is 1. The standard InChI is InChI=1S/C22H27FN4O3S/c1-16(17-9-11-18(23)12-10-17)25-15-22(28)26-19-6-5-7-20(14-19)31(29,30)27-21-8-3-2-4-13-24-21/h5-7,9-12,14,16,25H,2-4,8,13,15H2,1H3,(H,24,27)(H,26,28). The van der Waals surface area contributed by atoms with E-state index in [-0.39, 0.29) is 29.2 Å². The summed E-state index contributed by atoms with van der Waals surface area (Å²) in [7, 11) is -3.78. The minimum atomic E-state index is -3.78. The van der Waals surface area contributed by atoms with Crippen LogP contribution in [0.5, 0.6) is 0 Å². The first kappa shape index (κ1) is 22.9. The SMILES string of the molecule is CC(NCC(=O)Nc1cccc(S(=O)(=O)NC2=NCCCCC2)c1)c1ccc(F)cc1. The number of nitrogens with zero attached hydrogens (tertiary/aromatic N) is 1. The first-order chi connectivity index (χ1) is 14.8. The Morgan fingerprint density at radius 1 is 1.13 bits per heavy atom. The number of halogens is 1. The van der Waals surface area contributed by atoms with Crippen molar-refractivity contribution in [2.75, 3.05) is 18.4 Å². The van der Waals surface area contributed by atoms with Gasteiger partial charge in [-0.05, 0) is 55.7 Å². The summed E-state index contributed by atoms with van der Waals surface area (Å²) in [6.07, 6.45) is 3.50.